The lowest BCUT2D eigenvalue weighted by Crippen LogP contribution is -2.46. The minimum atomic E-state index is -1.95. The Morgan fingerprint density at radius 3 is 2.62 bits per heavy atom. The molecule has 8 heteroatoms. The fourth-order valence-electron chi connectivity index (χ4n) is 2.54. The number of hydrogen-bond donors (Lipinski definition) is 2. The number of hydrogen-bond acceptors (Lipinski definition) is 5. The molecule has 2 N–H and O–H groups in total. The molecule has 2 amide bonds. The van der Waals surface area contributed by atoms with Gasteiger partial charge in [0.1, 0.15) is 5.75 Å². The number of carbonyl (C=O) groups excluding carboxylic acids is 3. The van der Waals surface area contributed by atoms with Gasteiger partial charge in [-0.3, -0.25) is 18.6 Å². The van der Waals surface area contributed by atoms with Gasteiger partial charge in [-0.15, -0.1) is 0 Å². The molecule has 0 aliphatic carbocycles. The van der Waals surface area contributed by atoms with Gasteiger partial charge in [-0.25, -0.2) is 0 Å². The Kier molecular flexibility index (Phi) is 5.13. The van der Waals surface area contributed by atoms with E-state index in [0.29, 0.717) is 28.6 Å². The Labute approximate surface area is 152 Å². The van der Waals surface area contributed by atoms with Crippen molar-refractivity contribution in [3.63, 3.8) is 0 Å². The van der Waals surface area contributed by atoms with Gasteiger partial charge in [-0.1, -0.05) is 24.3 Å². The summed E-state index contributed by atoms with van der Waals surface area (Å²) in [7, 11) is -1.95. The van der Waals surface area contributed by atoms with E-state index >= 15 is 0 Å². The normalized spacial score (nSPS) is 18.4. The van der Waals surface area contributed by atoms with Gasteiger partial charge in [0.2, 0.25) is 11.7 Å². The Balaban J connectivity index is 1.82. The second-order valence-electron chi connectivity index (χ2n) is 5.41. The first-order chi connectivity index (χ1) is 12.5. The number of amides is 2. The number of fused-ring (bicyclic) bond motifs is 1. The highest BCUT2D eigenvalue weighted by molar-refractivity contribution is 7.87. The van der Waals surface area contributed by atoms with E-state index in [4.69, 9.17) is 4.74 Å². The monoisotopic (exact) mass is 372 g/mol. The van der Waals surface area contributed by atoms with E-state index in [1.54, 1.807) is 55.5 Å². The number of Topliss-reactive ketones (excluding diaryl/α,β-unsaturated/α-hetero) is 1. The van der Waals surface area contributed by atoms with Crippen molar-refractivity contribution < 1.29 is 23.3 Å². The van der Waals surface area contributed by atoms with E-state index in [9.17, 15) is 18.6 Å². The predicted molar refractivity (Wildman–Crippen MR) is 96.5 cm³/mol. The zero-order valence-electron chi connectivity index (χ0n) is 13.9. The number of ketones is 1. The van der Waals surface area contributed by atoms with Gasteiger partial charge in [-0.2, -0.15) is 0 Å². The van der Waals surface area contributed by atoms with Crippen LogP contribution in [0, 0.1) is 0 Å². The maximum Gasteiger partial charge on any atom is 0.293 e. The van der Waals surface area contributed by atoms with Crippen molar-refractivity contribution in [3.05, 3.63) is 48.5 Å². The molecule has 0 unspecified atom stereocenters. The molecule has 1 heterocycles. The van der Waals surface area contributed by atoms with Crippen molar-refractivity contribution >= 4 is 39.8 Å². The summed E-state index contributed by atoms with van der Waals surface area (Å²) in [6, 6.07) is 13.1. The molecule has 3 rings (SSSR count). The Hall–Kier alpha value is -3.00. The number of benzene rings is 2. The Bertz CT molecular complexity index is 912. The Morgan fingerprint density at radius 2 is 1.85 bits per heavy atom. The van der Waals surface area contributed by atoms with Crippen LogP contribution in [0.15, 0.2) is 53.4 Å². The quantitative estimate of drug-likeness (QED) is 0.615. The number of carbonyl (C=O) groups is 3. The zero-order chi connectivity index (χ0) is 18.7. The van der Waals surface area contributed by atoms with Crippen LogP contribution in [-0.2, 0) is 25.2 Å². The average Bonchev–Trinajstić information content (AvgIpc) is 2.63. The minimum absolute atomic E-state index is 0.301. The molecular weight excluding hydrogens is 356 g/mol. The first-order valence-electron chi connectivity index (χ1n) is 7.90. The molecule has 0 spiro atoms. The molecular formula is C18H16N2O5S. The SMILES string of the molecule is CCOc1ccccc1NC(=O)C(=O)[C@H]1C(=O)Nc2ccccc2[S@]1=O. The third-order valence-electron chi connectivity index (χ3n) is 3.71. The van der Waals surface area contributed by atoms with Crippen LogP contribution >= 0.6 is 0 Å². The maximum atomic E-state index is 12.6. The summed E-state index contributed by atoms with van der Waals surface area (Å²) in [5.41, 5.74) is 0.678. The van der Waals surface area contributed by atoms with Crippen molar-refractivity contribution in [1.29, 1.82) is 0 Å². The van der Waals surface area contributed by atoms with E-state index < -0.39 is 33.6 Å². The van der Waals surface area contributed by atoms with Crippen LogP contribution in [0.2, 0.25) is 0 Å². The molecule has 0 saturated carbocycles. The molecule has 0 aromatic heterocycles. The molecule has 2 aromatic rings. The summed E-state index contributed by atoms with van der Waals surface area (Å²) in [6.45, 7) is 2.17. The molecule has 1 aliphatic heterocycles. The maximum absolute atomic E-state index is 12.6. The molecule has 0 fully saturated rings. The zero-order valence-corrected chi connectivity index (χ0v) is 14.7. The highest BCUT2D eigenvalue weighted by Crippen LogP contribution is 2.28. The molecule has 0 bridgehead atoms. The summed E-state index contributed by atoms with van der Waals surface area (Å²) in [6.07, 6.45) is 0. The van der Waals surface area contributed by atoms with Gasteiger partial charge < -0.3 is 15.4 Å². The second-order valence-corrected chi connectivity index (χ2v) is 6.92. The van der Waals surface area contributed by atoms with Crippen LogP contribution in [0.1, 0.15) is 6.92 Å². The van der Waals surface area contributed by atoms with E-state index in [-0.39, 0.29) is 0 Å². The van der Waals surface area contributed by atoms with Crippen molar-refractivity contribution in [2.45, 2.75) is 17.1 Å². The molecule has 0 radical (unpaired) electrons. The average molecular weight is 372 g/mol. The number of rotatable bonds is 5. The van der Waals surface area contributed by atoms with Crippen molar-refractivity contribution in [3.8, 4) is 5.75 Å². The van der Waals surface area contributed by atoms with E-state index in [0.717, 1.165) is 0 Å². The van der Waals surface area contributed by atoms with Gasteiger partial charge >= 0.3 is 0 Å². The van der Waals surface area contributed by atoms with Crippen molar-refractivity contribution in [2.75, 3.05) is 17.2 Å². The van der Waals surface area contributed by atoms with Crippen LogP contribution in [-0.4, -0.2) is 33.7 Å². The first-order valence-corrected chi connectivity index (χ1v) is 9.11. The summed E-state index contributed by atoms with van der Waals surface area (Å²) in [5, 5.41) is 3.35. The smallest absolute Gasteiger partial charge is 0.293 e. The predicted octanol–water partition coefficient (Wildman–Crippen LogP) is 1.72. The van der Waals surface area contributed by atoms with Gasteiger partial charge in [-0.05, 0) is 31.2 Å². The number of nitrogens with one attached hydrogen (secondary N) is 2. The minimum Gasteiger partial charge on any atom is -0.492 e. The summed E-state index contributed by atoms with van der Waals surface area (Å²) < 4.78 is 18.0. The molecule has 0 saturated heterocycles. The van der Waals surface area contributed by atoms with Crippen LogP contribution in [0.5, 0.6) is 5.75 Å². The molecule has 1 aliphatic rings. The highest BCUT2D eigenvalue weighted by atomic mass is 32.2. The number of ether oxygens (including phenoxy) is 1. The third kappa shape index (κ3) is 3.36. The standard InChI is InChI=1S/C18H16N2O5S/c1-2-25-13-9-5-3-7-11(13)19-17(22)15(21)16-18(23)20-12-8-4-6-10-14(12)26(16)24/h3-10,16H,2H2,1H3,(H,19,22)(H,20,23)/t16-,26+/m0/s1. The van der Waals surface area contributed by atoms with Crippen LogP contribution in [0.4, 0.5) is 11.4 Å². The lowest BCUT2D eigenvalue weighted by molar-refractivity contribution is -0.136. The lowest BCUT2D eigenvalue weighted by Gasteiger charge is -2.22. The first kappa shape index (κ1) is 17.8. The second kappa shape index (κ2) is 7.49. The van der Waals surface area contributed by atoms with Gasteiger partial charge in [0, 0.05) is 0 Å². The van der Waals surface area contributed by atoms with Crippen LogP contribution in [0.3, 0.4) is 0 Å². The van der Waals surface area contributed by atoms with E-state index in [1.807, 2.05) is 0 Å². The van der Waals surface area contributed by atoms with Crippen LogP contribution < -0.4 is 15.4 Å². The van der Waals surface area contributed by atoms with Crippen molar-refractivity contribution in [2.24, 2.45) is 0 Å². The highest BCUT2D eigenvalue weighted by Gasteiger charge is 2.41. The van der Waals surface area contributed by atoms with Crippen molar-refractivity contribution in [1.82, 2.24) is 0 Å². The lowest BCUT2D eigenvalue weighted by atomic mass is 10.2. The van der Waals surface area contributed by atoms with Crippen LogP contribution in [0.25, 0.3) is 0 Å². The molecule has 134 valence electrons. The third-order valence-corrected chi connectivity index (χ3v) is 5.36. The van der Waals surface area contributed by atoms with Gasteiger partial charge in [0.15, 0.2) is 5.25 Å². The van der Waals surface area contributed by atoms with E-state index in [1.165, 1.54) is 0 Å². The number of anilines is 2. The summed E-state index contributed by atoms with van der Waals surface area (Å²) in [5.74, 6) is -2.46. The summed E-state index contributed by atoms with van der Waals surface area (Å²) >= 11 is 0. The van der Waals surface area contributed by atoms with E-state index in [2.05, 4.69) is 10.6 Å². The molecule has 2 atom stereocenters. The topological polar surface area (TPSA) is 102 Å². The Morgan fingerprint density at radius 1 is 1.15 bits per heavy atom. The largest absolute Gasteiger partial charge is 0.492 e. The molecule has 26 heavy (non-hydrogen) atoms. The summed E-state index contributed by atoms with van der Waals surface area (Å²) in [4.78, 5) is 37.4. The van der Waals surface area contributed by atoms with Gasteiger partial charge in [0.25, 0.3) is 5.91 Å². The fraction of sp³-hybridized carbons (Fsp3) is 0.167. The van der Waals surface area contributed by atoms with Gasteiger partial charge in [0.05, 0.1) is 33.7 Å². The number of para-hydroxylation sites is 3. The molecule has 7 nitrogen and oxygen atoms in total. The fourth-order valence-corrected chi connectivity index (χ4v) is 3.90. The molecule has 2 aromatic carbocycles.